The van der Waals surface area contributed by atoms with Gasteiger partial charge in [-0.2, -0.15) is 13.2 Å². The van der Waals surface area contributed by atoms with Crippen molar-refractivity contribution >= 4 is 5.97 Å². The van der Waals surface area contributed by atoms with Gasteiger partial charge in [-0.25, -0.2) is 0 Å². The van der Waals surface area contributed by atoms with Crippen molar-refractivity contribution in [3.63, 3.8) is 0 Å². The van der Waals surface area contributed by atoms with Crippen LogP contribution in [0.4, 0.5) is 13.2 Å². The van der Waals surface area contributed by atoms with Gasteiger partial charge in [0.2, 0.25) is 0 Å². The molecule has 0 aromatic carbocycles. The molecule has 0 saturated carbocycles. The predicted molar refractivity (Wildman–Crippen MR) is 37.9 cm³/mol. The lowest BCUT2D eigenvalue weighted by Gasteiger charge is -2.18. The van der Waals surface area contributed by atoms with Gasteiger partial charge in [-0.15, -0.1) is 0 Å². The van der Waals surface area contributed by atoms with E-state index in [0.717, 1.165) is 7.11 Å². The Morgan fingerprint density at radius 2 is 2.08 bits per heavy atom. The number of nitrogens with one attached hydrogen (secondary N) is 1. The number of rotatable bonds is 1. The van der Waals surface area contributed by atoms with E-state index < -0.39 is 24.0 Å². The molecule has 0 aliphatic carbocycles. The molecule has 1 fully saturated rings. The Morgan fingerprint density at radius 1 is 1.46 bits per heavy atom. The summed E-state index contributed by atoms with van der Waals surface area (Å²) >= 11 is 0. The number of methoxy groups -OCH3 is 1. The Bertz CT molecular complexity index is 204. The second kappa shape index (κ2) is 3.53. The number of carbonyl (C=O) groups is 1. The molecule has 0 radical (unpaired) electrons. The summed E-state index contributed by atoms with van der Waals surface area (Å²) in [6.45, 7) is -0.167. The van der Waals surface area contributed by atoms with E-state index in [-0.39, 0.29) is 13.1 Å². The van der Waals surface area contributed by atoms with E-state index in [0.29, 0.717) is 0 Å². The highest BCUT2D eigenvalue weighted by atomic mass is 19.4. The van der Waals surface area contributed by atoms with Crippen LogP contribution < -0.4 is 5.32 Å². The van der Waals surface area contributed by atoms with Crippen molar-refractivity contribution in [2.24, 2.45) is 11.8 Å². The molecule has 6 heteroatoms. The molecular formula is C7H10F3NO2. The fourth-order valence-electron chi connectivity index (χ4n) is 1.42. The first-order chi connectivity index (χ1) is 5.96. The van der Waals surface area contributed by atoms with Crippen LogP contribution in [0.5, 0.6) is 0 Å². The van der Waals surface area contributed by atoms with Crippen LogP contribution in [0.1, 0.15) is 0 Å². The minimum absolute atomic E-state index is 0.0385. The third-order valence-electron chi connectivity index (χ3n) is 2.14. The third kappa shape index (κ3) is 2.12. The molecule has 76 valence electrons. The number of hydrogen-bond donors (Lipinski definition) is 1. The highest BCUT2D eigenvalue weighted by Gasteiger charge is 2.50. The van der Waals surface area contributed by atoms with Gasteiger partial charge in [0.15, 0.2) is 0 Å². The molecule has 1 rings (SSSR count). The fraction of sp³-hybridized carbons (Fsp3) is 0.857. The molecule has 1 saturated heterocycles. The van der Waals surface area contributed by atoms with E-state index in [1.165, 1.54) is 0 Å². The quantitative estimate of drug-likeness (QED) is 0.624. The van der Waals surface area contributed by atoms with Gasteiger partial charge in [0.25, 0.3) is 0 Å². The zero-order valence-electron chi connectivity index (χ0n) is 7.02. The number of halogens is 3. The van der Waals surface area contributed by atoms with Crippen LogP contribution in [0.3, 0.4) is 0 Å². The van der Waals surface area contributed by atoms with Crippen molar-refractivity contribution in [3.8, 4) is 0 Å². The zero-order valence-corrected chi connectivity index (χ0v) is 7.02. The number of ether oxygens (including phenoxy) is 1. The summed E-state index contributed by atoms with van der Waals surface area (Å²) in [5.41, 5.74) is 0. The van der Waals surface area contributed by atoms with E-state index in [1.807, 2.05) is 0 Å². The molecule has 0 bridgehead atoms. The van der Waals surface area contributed by atoms with E-state index in [1.54, 1.807) is 0 Å². The Balaban J connectivity index is 2.70. The van der Waals surface area contributed by atoms with Gasteiger partial charge >= 0.3 is 12.1 Å². The molecule has 1 aliphatic rings. The van der Waals surface area contributed by atoms with E-state index >= 15 is 0 Å². The summed E-state index contributed by atoms with van der Waals surface area (Å²) < 4.78 is 41.1. The maximum atomic E-state index is 12.3. The van der Waals surface area contributed by atoms with Crippen molar-refractivity contribution in [3.05, 3.63) is 0 Å². The van der Waals surface area contributed by atoms with Crippen LogP contribution in [-0.2, 0) is 9.53 Å². The second-order valence-electron chi connectivity index (χ2n) is 2.94. The molecule has 1 heterocycles. The van der Waals surface area contributed by atoms with Gasteiger partial charge in [0.1, 0.15) is 0 Å². The topological polar surface area (TPSA) is 38.3 Å². The first-order valence-electron chi connectivity index (χ1n) is 3.82. The van der Waals surface area contributed by atoms with Crippen molar-refractivity contribution in [2.45, 2.75) is 6.18 Å². The number of esters is 1. The lowest BCUT2D eigenvalue weighted by atomic mass is 9.96. The average molecular weight is 197 g/mol. The Labute approximate surface area is 73.2 Å². The molecule has 0 aromatic heterocycles. The molecule has 0 unspecified atom stereocenters. The largest absolute Gasteiger partial charge is 0.469 e. The van der Waals surface area contributed by atoms with Gasteiger partial charge in [0.05, 0.1) is 18.9 Å². The highest BCUT2D eigenvalue weighted by molar-refractivity contribution is 5.73. The average Bonchev–Trinajstić information content (AvgIpc) is 2.49. The second-order valence-corrected chi connectivity index (χ2v) is 2.94. The standard InChI is InChI=1S/C7H10F3NO2/c1-13-6(12)4-2-11-3-5(4)7(8,9)10/h4-5,11H,2-3H2,1H3/t4-,5+/m1/s1. The van der Waals surface area contributed by atoms with Gasteiger partial charge in [0, 0.05) is 13.1 Å². The minimum atomic E-state index is -4.33. The molecular weight excluding hydrogens is 187 g/mol. The van der Waals surface area contributed by atoms with Crippen LogP contribution in [0.15, 0.2) is 0 Å². The summed E-state index contributed by atoms with van der Waals surface area (Å²) in [7, 11) is 1.09. The first-order valence-corrected chi connectivity index (χ1v) is 3.82. The Hall–Kier alpha value is -0.780. The van der Waals surface area contributed by atoms with Gasteiger partial charge in [-0.1, -0.05) is 0 Å². The summed E-state index contributed by atoms with van der Waals surface area (Å²) in [5, 5.41) is 2.52. The molecule has 1 aliphatic heterocycles. The van der Waals surface area contributed by atoms with Crippen LogP contribution in [0, 0.1) is 11.8 Å². The SMILES string of the molecule is COC(=O)[C@@H]1CNC[C@@H]1C(F)(F)F. The van der Waals surface area contributed by atoms with Gasteiger partial charge < -0.3 is 10.1 Å². The first kappa shape index (κ1) is 10.3. The summed E-state index contributed by atoms with van der Waals surface area (Å²) in [6, 6.07) is 0. The smallest absolute Gasteiger partial charge is 0.393 e. The molecule has 13 heavy (non-hydrogen) atoms. The molecule has 1 N–H and O–H groups in total. The van der Waals surface area contributed by atoms with Crippen LogP contribution in [-0.4, -0.2) is 32.3 Å². The molecule has 0 spiro atoms. The van der Waals surface area contributed by atoms with Crippen molar-refractivity contribution < 1.29 is 22.7 Å². The van der Waals surface area contributed by atoms with E-state index in [9.17, 15) is 18.0 Å². The lowest BCUT2D eigenvalue weighted by molar-refractivity contribution is -0.188. The van der Waals surface area contributed by atoms with Crippen LogP contribution >= 0.6 is 0 Å². The summed E-state index contributed by atoms with van der Waals surface area (Å²) in [6.07, 6.45) is -4.33. The van der Waals surface area contributed by atoms with Crippen LogP contribution in [0.2, 0.25) is 0 Å². The lowest BCUT2D eigenvalue weighted by Crippen LogP contribution is -2.34. The maximum absolute atomic E-state index is 12.3. The van der Waals surface area contributed by atoms with E-state index in [2.05, 4.69) is 10.1 Å². The monoisotopic (exact) mass is 197 g/mol. The van der Waals surface area contributed by atoms with E-state index in [4.69, 9.17) is 0 Å². The Kier molecular flexibility index (Phi) is 2.80. The highest BCUT2D eigenvalue weighted by Crippen LogP contribution is 2.34. The molecule has 3 nitrogen and oxygen atoms in total. The normalized spacial score (nSPS) is 28.9. The van der Waals surface area contributed by atoms with Gasteiger partial charge in [-0.3, -0.25) is 4.79 Å². The zero-order chi connectivity index (χ0) is 10.1. The predicted octanol–water partition coefficient (Wildman–Crippen LogP) is 0.557. The fourth-order valence-corrected chi connectivity index (χ4v) is 1.42. The minimum Gasteiger partial charge on any atom is -0.469 e. The third-order valence-corrected chi connectivity index (χ3v) is 2.14. The molecule has 0 amide bonds. The van der Waals surface area contributed by atoms with Crippen molar-refractivity contribution in [1.29, 1.82) is 0 Å². The Morgan fingerprint density at radius 3 is 2.54 bits per heavy atom. The van der Waals surface area contributed by atoms with Crippen LogP contribution in [0.25, 0.3) is 0 Å². The summed E-state index contributed by atoms with van der Waals surface area (Å²) in [5.74, 6) is -3.50. The molecule has 2 atom stereocenters. The summed E-state index contributed by atoms with van der Waals surface area (Å²) in [4.78, 5) is 10.9. The number of alkyl halides is 3. The van der Waals surface area contributed by atoms with Crippen molar-refractivity contribution in [2.75, 3.05) is 20.2 Å². The molecule has 0 aromatic rings. The number of hydrogen-bond acceptors (Lipinski definition) is 3. The maximum Gasteiger partial charge on any atom is 0.393 e. The van der Waals surface area contributed by atoms with Gasteiger partial charge in [-0.05, 0) is 0 Å². The number of carbonyl (C=O) groups excluding carboxylic acids is 1. The van der Waals surface area contributed by atoms with Crippen molar-refractivity contribution in [1.82, 2.24) is 5.32 Å².